The van der Waals surface area contributed by atoms with Crippen LogP contribution in [0.5, 0.6) is 0 Å². The average Bonchev–Trinajstić information content (AvgIpc) is 3.29. The molecule has 35 heavy (non-hydrogen) atoms. The first-order chi connectivity index (χ1) is 16.8. The van der Waals surface area contributed by atoms with Crippen LogP contribution in [0.2, 0.25) is 5.02 Å². The van der Waals surface area contributed by atoms with Crippen LogP contribution in [-0.2, 0) is 9.53 Å². The highest BCUT2D eigenvalue weighted by Gasteiger charge is 2.33. The predicted molar refractivity (Wildman–Crippen MR) is 145 cm³/mol. The van der Waals surface area contributed by atoms with Gasteiger partial charge < -0.3 is 9.64 Å². The molecule has 4 rings (SSSR count). The zero-order valence-corrected chi connectivity index (χ0v) is 22.3. The van der Waals surface area contributed by atoms with Gasteiger partial charge in [0.2, 0.25) is 5.91 Å². The molecular weight excluding hydrogens is 478 g/mol. The van der Waals surface area contributed by atoms with Crippen molar-refractivity contribution in [1.29, 1.82) is 0 Å². The van der Waals surface area contributed by atoms with Gasteiger partial charge in [0.1, 0.15) is 4.88 Å². The summed E-state index contributed by atoms with van der Waals surface area (Å²) in [6.07, 6.45) is 3.95. The van der Waals surface area contributed by atoms with Gasteiger partial charge >= 0.3 is 5.97 Å². The molecule has 1 amide bonds. The maximum atomic E-state index is 13.7. The van der Waals surface area contributed by atoms with Crippen LogP contribution in [0.4, 0.5) is 5.69 Å². The molecule has 4 nitrogen and oxygen atoms in total. The molecule has 1 heterocycles. The van der Waals surface area contributed by atoms with E-state index in [1.807, 2.05) is 61.2 Å². The van der Waals surface area contributed by atoms with Crippen LogP contribution in [-0.4, -0.2) is 25.0 Å². The van der Waals surface area contributed by atoms with Gasteiger partial charge in [0.05, 0.1) is 12.8 Å². The Morgan fingerprint density at radius 2 is 1.49 bits per heavy atom. The van der Waals surface area contributed by atoms with Gasteiger partial charge in [-0.3, -0.25) is 4.79 Å². The van der Waals surface area contributed by atoms with E-state index in [-0.39, 0.29) is 17.9 Å². The molecule has 1 fully saturated rings. The Labute approximate surface area is 216 Å². The normalized spacial score (nSPS) is 17.9. The minimum absolute atomic E-state index is 0.00102. The van der Waals surface area contributed by atoms with Crippen molar-refractivity contribution in [2.24, 2.45) is 11.8 Å². The summed E-state index contributed by atoms with van der Waals surface area (Å²) >= 11 is 7.39. The van der Waals surface area contributed by atoms with Gasteiger partial charge in [-0.25, -0.2) is 4.79 Å². The summed E-state index contributed by atoms with van der Waals surface area (Å²) in [4.78, 5) is 29.6. The van der Waals surface area contributed by atoms with Crippen LogP contribution < -0.4 is 4.90 Å². The summed E-state index contributed by atoms with van der Waals surface area (Å²) in [7, 11) is 1.39. The topological polar surface area (TPSA) is 46.6 Å². The summed E-state index contributed by atoms with van der Waals surface area (Å²) in [5.74, 6) is 0.367. The molecule has 0 unspecified atom stereocenters. The standard InChI is InChI=1S/C29H32ClNO3S/c1-18(2)31(28(32)23-7-5-19(3)6-8-23)25-17-26(35-27(25)29(33)34-4)22-11-9-20(10-12-22)21-13-15-24(30)16-14-21/h9-19,23H,5-8H2,1-4H3/t19-,23-. The molecule has 0 spiro atoms. The zero-order valence-electron chi connectivity index (χ0n) is 20.7. The van der Waals surface area contributed by atoms with E-state index in [0.29, 0.717) is 21.5 Å². The van der Waals surface area contributed by atoms with Gasteiger partial charge in [-0.05, 0) is 80.3 Å². The van der Waals surface area contributed by atoms with Gasteiger partial charge in [0.15, 0.2) is 0 Å². The molecular formula is C29H32ClNO3S. The Morgan fingerprint density at radius 3 is 2.03 bits per heavy atom. The van der Waals surface area contributed by atoms with E-state index in [1.54, 1.807) is 0 Å². The van der Waals surface area contributed by atoms with Crippen molar-refractivity contribution < 1.29 is 14.3 Å². The van der Waals surface area contributed by atoms with E-state index in [0.717, 1.165) is 47.3 Å². The summed E-state index contributed by atoms with van der Waals surface area (Å²) in [6, 6.07) is 17.9. The minimum Gasteiger partial charge on any atom is -0.465 e. The molecule has 3 aromatic rings. The van der Waals surface area contributed by atoms with E-state index in [9.17, 15) is 9.59 Å². The summed E-state index contributed by atoms with van der Waals surface area (Å²) in [5, 5.41) is 0.707. The number of halogens is 1. The molecule has 0 saturated heterocycles. The summed E-state index contributed by atoms with van der Waals surface area (Å²) in [5.41, 5.74) is 3.81. The number of anilines is 1. The van der Waals surface area contributed by atoms with Crippen molar-refractivity contribution >= 4 is 40.5 Å². The van der Waals surface area contributed by atoms with Crippen LogP contribution >= 0.6 is 22.9 Å². The number of hydrogen-bond acceptors (Lipinski definition) is 4. The number of hydrogen-bond donors (Lipinski definition) is 0. The lowest BCUT2D eigenvalue weighted by molar-refractivity contribution is -0.123. The maximum absolute atomic E-state index is 13.7. The number of methoxy groups -OCH3 is 1. The SMILES string of the molecule is COC(=O)c1sc(-c2ccc(-c3ccc(Cl)cc3)cc2)cc1N(C(=O)[C@H]1CC[C@H](C)CC1)C(C)C. The largest absolute Gasteiger partial charge is 0.465 e. The fourth-order valence-electron chi connectivity index (χ4n) is 4.77. The second-order valence-corrected chi connectivity index (χ2v) is 11.1. The molecule has 6 heteroatoms. The molecule has 1 saturated carbocycles. The van der Waals surface area contributed by atoms with Crippen LogP contribution in [0.25, 0.3) is 21.6 Å². The lowest BCUT2D eigenvalue weighted by atomic mass is 9.82. The number of benzene rings is 2. The Kier molecular flexibility index (Phi) is 7.98. The Bertz CT molecular complexity index is 1180. The van der Waals surface area contributed by atoms with Gasteiger partial charge in [0, 0.05) is 21.9 Å². The van der Waals surface area contributed by atoms with E-state index >= 15 is 0 Å². The quantitative estimate of drug-likeness (QED) is 0.315. The molecule has 1 aromatic heterocycles. The molecule has 2 aromatic carbocycles. The molecule has 1 aliphatic carbocycles. The van der Waals surface area contributed by atoms with Crippen molar-refractivity contribution in [3.8, 4) is 21.6 Å². The Morgan fingerprint density at radius 1 is 0.943 bits per heavy atom. The van der Waals surface area contributed by atoms with Crippen LogP contribution in [0, 0.1) is 11.8 Å². The molecule has 0 aliphatic heterocycles. The first kappa shape index (κ1) is 25.5. The lowest BCUT2D eigenvalue weighted by Crippen LogP contribution is -2.42. The molecule has 0 N–H and O–H groups in total. The monoisotopic (exact) mass is 509 g/mol. The average molecular weight is 510 g/mol. The number of carbonyl (C=O) groups excluding carboxylic acids is 2. The molecule has 184 valence electrons. The van der Waals surface area contributed by atoms with Crippen molar-refractivity contribution in [3.63, 3.8) is 0 Å². The number of rotatable bonds is 6. The van der Waals surface area contributed by atoms with E-state index in [4.69, 9.17) is 16.3 Å². The number of amides is 1. The van der Waals surface area contributed by atoms with Crippen molar-refractivity contribution in [2.45, 2.75) is 52.5 Å². The van der Waals surface area contributed by atoms with Crippen LogP contribution in [0.1, 0.15) is 56.1 Å². The summed E-state index contributed by atoms with van der Waals surface area (Å²) < 4.78 is 5.10. The van der Waals surface area contributed by atoms with Gasteiger partial charge in [-0.15, -0.1) is 11.3 Å². The second kappa shape index (κ2) is 11.0. The third-order valence-electron chi connectivity index (χ3n) is 6.81. The zero-order chi connectivity index (χ0) is 25.1. The number of ether oxygens (including phenoxy) is 1. The van der Waals surface area contributed by atoms with Crippen molar-refractivity contribution in [3.05, 3.63) is 64.5 Å². The van der Waals surface area contributed by atoms with E-state index in [2.05, 4.69) is 19.1 Å². The summed E-state index contributed by atoms with van der Waals surface area (Å²) in [6.45, 7) is 6.25. The number of nitrogens with zero attached hydrogens (tertiary/aromatic N) is 1. The lowest BCUT2D eigenvalue weighted by Gasteiger charge is -2.33. The highest BCUT2D eigenvalue weighted by molar-refractivity contribution is 7.18. The third kappa shape index (κ3) is 5.62. The second-order valence-electron chi connectivity index (χ2n) is 9.66. The highest BCUT2D eigenvalue weighted by atomic mass is 35.5. The fraction of sp³-hybridized carbons (Fsp3) is 0.379. The fourth-order valence-corrected chi connectivity index (χ4v) is 5.96. The van der Waals surface area contributed by atoms with Crippen molar-refractivity contribution in [1.82, 2.24) is 0 Å². The number of thiophene rings is 1. The van der Waals surface area contributed by atoms with E-state index < -0.39 is 5.97 Å². The van der Waals surface area contributed by atoms with Crippen LogP contribution in [0.15, 0.2) is 54.6 Å². The van der Waals surface area contributed by atoms with Gasteiger partial charge in [-0.1, -0.05) is 54.9 Å². The molecule has 1 aliphatic rings. The Balaban J connectivity index is 1.68. The first-order valence-corrected chi connectivity index (χ1v) is 13.4. The highest BCUT2D eigenvalue weighted by Crippen LogP contribution is 2.40. The molecule has 0 atom stereocenters. The Hall–Kier alpha value is -2.63. The van der Waals surface area contributed by atoms with Crippen LogP contribution in [0.3, 0.4) is 0 Å². The third-order valence-corrected chi connectivity index (χ3v) is 8.21. The molecule has 0 bridgehead atoms. The maximum Gasteiger partial charge on any atom is 0.350 e. The first-order valence-electron chi connectivity index (χ1n) is 12.2. The smallest absolute Gasteiger partial charge is 0.350 e. The van der Waals surface area contributed by atoms with Gasteiger partial charge in [-0.2, -0.15) is 0 Å². The molecule has 0 radical (unpaired) electrons. The minimum atomic E-state index is -0.412. The predicted octanol–water partition coefficient (Wildman–Crippen LogP) is 8.09. The number of carbonyl (C=O) groups is 2. The van der Waals surface area contributed by atoms with Gasteiger partial charge in [0.25, 0.3) is 0 Å². The number of esters is 1. The van der Waals surface area contributed by atoms with E-state index in [1.165, 1.54) is 18.4 Å². The van der Waals surface area contributed by atoms with Crippen molar-refractivity contribution in [2.75, 3.05) is 12.0 Å².